The van der Waals surface area contributed by atoms with Gasteiger partial charge < -0.3 is 0 Å². The van der Waals surface area contributed by atoms with Gasteiger partial charge in [-0.15, -0.1) is 0 Å². The highest BCUT2D eigenvalue weighted by atomic mass is 19.1. The van der Waals surface area contributed by atoms with E-state index in [1.54, 1.807) is 24.3 Å². The summed E-state index contributed by atoms with van der Waals surface area (Å²) in [5.74, 6) is -0.606. The Hall–Kier alpha value is -2.81. The molecule has 23 heavy (non-hydrogen) atoms. The Morgan fingerprint density at radius 3 is 1.52 bits per heavy atom. The van der Waals surface area contributed by atoms with Crippen LogP contribution in [0, 0.1) is 18.6 Å². The number of rotatable bonds is 3. The quantitative estimate of drug-likeness (QED) is 0.571. The third-order valence-corrected chi connectivity index (χ3v) is 3.51. The van der Waals surface area contributed by atoms with Gasteiger partial charge in [-0.2, -0.15) is 0 Å². The van der Waals surface area contributed by atoms with E-state index < -0.39 is 0 Å². The maximum Gasteiger partial charge on any atom is 0.123 e. The average molecular weight is 307 g/mol. The minimum Gasteiger partial charge on any atom is -0.248 e. The molecule has 0 fully saturated rings. The first-order chi connectivity index (χ1) is 11.1. The summed E-state index contributed by atoms with van der Waals surface area (Å²) in [4.78, 5) is 4.67. The predicted octanol–water partition coefficient (Wildman–Crippen LogP) is 5.44. The molecule has 3 aromatic rings. The van der Waals surface area contributed by atoms with Gasteiger partial charge in [0.25, 0.3) is 0 Å². The normalized spacial score (nSPS) is 10.4. The van der Waals surface area contributed by atoms with Crippen LogP contribution in [0.25, 0.3) is 0 Å². The van der Waals surface area contributed by atoms with E-state index in [9.17, 15) is 8.78 Å². The summed E-state index contributed by atoms with van der Waals surface area (Å²) >= 11 is 0. The van der Waals surface area contributed by atoms with Crippen LogP contribution in [0.15, 0.2) is 77.8 Å². The van der Waals surface area contributed by atoms with Crippen molar-refractivity contribution in [3.63, 3.8) is 0 Å². The predicted molar refractivity (Wildman–Crippen MR) is 89.3 cm³/mol. The largest absolute Gasteiger partial charge is 0.248 e. The number of aryl methyl sites for hydroxylation is 1. The number of aliphatic imine (C=N–C) groups is 1. The van der Waals surface area contributed by atoms with Gasteiger partial charge in [-0.3, -0.25) is 0 Å². The number of benzene rings is 3. The van der Waals surface area contributed by atoms with Crippen LogP contribution in [0.1, 0.15) is 16.7 Å². The first-order valence-corrected chi connectivity index (χ1v) is 7.29. The van der Waals surface area contributed by atoms with Gasteiger partial charge in [-0.1, -0.05) is 17.7 Å². The molecule has 1 nitrogen and oxygen atoms in total. The topological polar surface area (TPSA) is 12.4 Å². The van der Waals surface area contributed by atoms with E-state index in [-0.39, 0.29) is 11.6 Å². The van der Waals surface area contributed by atoms with E-state index in [0.29, 0.717) is 5.71 Å². The van der Waals surface area contributed by atoms with Gasteiger partial charge in [0.05, 0.1) is 11.4 Å². The summed E-state index contributed by atoms with van der Waals surface area (Å²) in [6.45, 7) is 2.01. The lowest BCUT2D eigenvalue weighted by Crippen LogP contribution is -2.03. The second kappa shape index (κ2) is 6.53. The fourth-order valence-corrected chi connectivity index (χ4v) is 2.26. The minimum atomic E-state index is -0.303. The van der Waals surface area contributed by atoms with Crippen molar-refractivity contribution in [2.24, 2.45) is 4.99 Å². The first-order valence-electron chi connectivity index (χ1n) is 7.29. The number of nitrogens with zero attached hydrogens (tertiary/aromatic N) is 1. The van der Waals surface area contributed by atoms with Crippen LogP contribution in [0.4, 0.5) is 14.5 Å². The molecule has 0 aromatic heterocycles. The van der Waals surface area contributed by atoms with Crippen LogP contribution >= 0.6 is 0 Å². The lowest BCUT2D eigenvalue weighted by Gasteiger charge is -2.08. The Balaban J connectivity index is 2.10. The molecular weight excluding hydrogens is 292 g/mol. The molecule has 0 radical (unpaired) electrons. The lowest BCUT2D eigenvalue weighted by molar-refractivity contribution is 0.627. The summed E-state index contributed by atoms with van der Waals surface area (Å²) in [5.41, 5.74) is 4.17. The first kappa shape index (κ1) is 15.1. The molecule has 3 aromatic carbocycles. The second-order valence-electron chi connectivity index (χ2n) is 5.31. The van der Waals surface area contributed by atoms with E-state index in [1.807, 2.05) is 31.2 Å². The van der Waals surface area contributed by atoms with Crippen molar-refractivity contribution in [1.82, 2.24) is 0 Å². The number of halogens is 2. The molecule has 0 aliphatic heterocycles. The van der Waals surface area contributed by atoms with Gasteiger partial charge in [-0.05, 0) is 67.6 Å². The van der Waals surface area contributed by atoms with Crippen molar-refractivity contribution >= 4 is 11.4 Å². The summed E-state index contributed by atoms with van der Waals surface area (Å²) in [6.07, 6.45) is 0. The Labute approximate surface area is 134 Å². The molecule has 0 unspecified atom stereocenters. The third kappa shape index (κ3) is 3.69. The van der Waals surface area contributed by atoms with Crippen molar-refractivity contribution in [3.05, 3.63) is 101 Å². The SMILES string of the molecule is Cc1ccc(N=C(c2ccc(F)cc2)c2ccc(F)cc2)cc1. The Morgan fingerprint density at radius 1 is 0.652 bits per heavy atom. The molecule has 0 heterocycles. The van der Waals surface area contributed by atoms with Crippen LogP contribution in [0.3, 0.4) is 0 Å². The highest BCUT2D eigenvalue weighted by Gasteiger charge is 2.08. The zero-order valence-corrected chi connectivity index (χ0v) is 12.6. The van der Waals surface area contributed by atoms with Crippen molar-refractivity contribution in [2.75, 3.05) is 0 Å². The second-order valence-corrected chi connectivity index (χ2v) is 5.31. The molecule has 0 aliphatic carbocycles. The van der Waals surface area contributed by atoms with Crippen LogP contribution < -0.4 is 0 Å². The lowest BCUT2D eigenvalue weighted by atomic mass is 10.0. The van der Waals surface area contributed by atoms with Crippen molar-refractivity contribution in [2.45, 2.75) is 6.92 Å². The third-order valence-electron chi connectivity index (χ3n) is 3.51. The van der Waals surface area contributed by atoms with E-state index in [2.05, 4.69) is 4.99 Å². The number of hydrogen-bond donors (Lipinski definition) is 0. The molecule has 0 spiro atoms. The zero-order chi connectivity index (χ0) is 16.2. The smallest absolute Gasteiger partial charge is 0.123 e. The Morgan fingerprint density at radius 2 is 1.09 bits per heavy atom. The Bertz CT molecular complexity index is 770. The van der Waals surface area contributed by atoms with E-state index >= 15 is 0 Å². The van der Waals surface area contributed by atoms with Gasteiger partial charge in [0.2, 0.25) is 0 Å². The van der Waals surface area contributed by atoms with Crippen molar-refractivity contribution in [1.29, 1.82) is 0 Å². The van der Waals surface area contributed by atoms with E-state index in [1.165, 1.54) is 24.3 Å². The Kier molecular flexibility index (Phi) is 4.29. The van der Waals surface area contributed by atoms with Crippen LogP contribution in [0.2, 0.25) is 0 Å². The molecule has 0 bridgehead atoms. The maximum atomic E-state index is 13.2. The van der Waals surface area contributed by atoms with E-state index in [0.717, 1.165) is 22.4 Å². The monoisotopic (exact) mass is 307 g/mol. The number of hydrogen-bond acceptors (Lipinski definition) is 1. The van der Waals surface area contributed by atoms with Gasteiger partial charge in [0.15, 0.2) is 0 Å². The summed E-state index contributed by atoms with van der Waals surface area (Å²) < 4.78 is 26.4. The molecule has 0 saturated heterocycles. The fraction of sp³-hybridized carbons (Fsp3) is 0.0500. The zero-order valence-electron chi connectivity index (χ0n) is 12.6. The summed E-state index contributed by atoms with van der Waals surface area (Å²) in [5, 5.41) is 0. The molecular formula is C20H15F2N. The molecule has 3 rings (SSSR count). The minimum absolute atomic E-state index is 0.303. The standard InChI is InChI=1S/C20H15F2N/c1-14-2-12-19(13-3-14)23-20(15-4-8-17(21)9-5-15)16-6-10-18(22)11-7-16/h2-13H,1H3. The molecule has 0 N–H and O–H groups in total. The molecule has 0 amide bonds. The van der Waals surface area contributed by atoms with Crippen LogP contribution in [-0.4, -0.2) is 5.71 Å². The molecule has 0 saturated carbocycles. The van der Waals surface area contributed by atoms with Gasteiger partial charge >= 0.3 is 0 Å². The van der Waals surface area contributed by atoms with Crippen molar-refractivity contribution in [3.8, 4) is 0 Å². The maximum absolute atomic E-state index is 13.2. The molecule has 114 valence electrons. The fourth-order valence-electron chi connectivity index (χ4n) is 2.26. The average Bonchev–Trinajstić information content (AvgIpc) is 2.56. The summed E-state index contributed by atoms with van der Waals surface area (Å²) in [7, 11) is 0. The van der Waals surface area contributed by atoms with Gasteiger partial charge in [-0.25, -0.2) is 13.8 Å². The summed E-state index contributed by atoms with van der Waals surface area (Å²) in [6, 6.07) is 20.1. The van der Waals surface area contributed by atoms with Crippen LogP contribution in [0.5, 0.6) is 0 Å². The van der Waals surface area contributed by atoms with Gasteiger partial charge in [0.1, 0.15) is 11.6 Å². The highest BCUT2D eigenvalue weighted by molar-refractivity contribution is 6.13. The van der Waals surface area contributed by atoms with Crippen LogP contribution in [-0.2, 0) is 0 Å². The molecule has 3 heteroatoms. The van der Waals surface area contributed by atoms with E-state index in [4.69, 9.17) is 0 Å². The highest BCUT2D eigenvalue weighted by Crippen LogP contribution is 2.19. The molecule has 0 aliphatic rings. The van der Waals surface area contributed by atoms with Gasteiger partial charge in [0, 0.05) is 11.1 Å². The molecule has 0 atom stereocenters. The van der Waals surface area contributed by atoms with Crippen molar-refractivity contribution < 1.29 is 8.78 Å².